The second-order valence-electron chi connectivity index (χ2n) is 4.56. The van der Waals surface area contributed by atoms with Crippen molar-refractivity contribution in [1.82, 2.24) is 0 Å². The first kappa shape index (κ1) is 14.5. The van der Waals surface area contributed by atoms with Crippen molar-refractivity contribution in [3.05, 3.63) is 64.4 Å². The van der Waals surface area contributed by atoms with E-state index in [0.29, 0.717) is 18.8 Å². The molecule has 0 aliphatic carbocycles. The molecule has 104 valence electrons. The Labute approximate surface area is 122 Å². The third-order valence-corrected chi connectivity index (χ3v) is 3.06. The summed E-state index contributed by atoms with van der Waals surface area (Å²) in [6.45, 7) is 1.87. The Morgan fingerprint density at radius 3 is 2.40 bits per heavy atom. The molecule has 0 heterocycles. The maximum absolute atomic E-state index is 13.0. The fraction of sp³-hybridized carbons (Fsp3) is 0.188. The lowest BCUT2D eigenvalue weighted by molar-refractivity contribution is -0.116. The van der Waals surface area contributed by atoms with E-state index >= 15 is 0 Å². The number of hydrogen-bond donors (Lipinski definition) is 0. The molecular formula is C16H14ClFO2. The van der Waals surface area contributed by atoms with E-state index in [2.05, 4.69) is 0 Å². The number of carbonyl (C=O) groups excluding carboxylic acids is 1. The predicted octanol–water partition coefficient (Wildman–Crippen LogP) is 4.19. The van der Waals surface area contributed by atoms with E-state index in [9.17, 15) is 9.18 Å². The van der Waals surface area contributed by atoms with E-state index in [1.807, 2.05) is 24.3 Å². The van der Waals surface area contributed by atoms with Crippen molar-refractivity contribution < 1.29 is 13.9 Å². The zero-order valence-corrected chi connectivity index (χ0v) is 11.8. The first-order valence-corrected chi connectivity index (χ1v) is 6.57. The van der Waals surface area contributed by atoms with Crippen LogP contribution in [0, 0.1) is 5.82 Å². The molecule has 2 aromatic carbocycles. The Kier molecular flexibility index (Phi) is 4.74. The zero-order valence-electron chi connectivity index (χ0n) is 11.0. The molecule has 0 fully saturated rings. The minimum Gasteiger partial charge on any atom is -0.489 e. The summed E-state index contributed by atoms with van der Waals surface area (Å²) < 4.78 is 18.6. The average Bonchev–Trinajstić information content (AvgIpc) is 2.41. The second kappa shape index (κ2) is 6.53. The van der Waals surface area contributed by atoms with E-state index in [1.165, 1.54) is 6.07 Å². The van der Waals surface area contributed by atoms with Crippen LogP contribution in [-0.2, 0) is 17.8 Å². The lowest BCUT2D eigenvalue weighted by Gasteiger charge is -2.07. The number of halogens is 2. The third kappa shape index (κ3) is 4.07. The van der Waals surface area contributed by atoms with Gasteiger partial charge >= 0.3 is 0 Å². The fourth-order valence-corrected chi connectivity index (χ4v) is 1.99. The summed E-state index contributed by atoms with van der Waals surface area (Å²) in [5.41, 5.74) is 1.75. The number of benzene rings is 2. The highest BCUT2D eigenvalue weighted by Crippen LogP contribution is 2.18. The van der Waals surface area contributed by atoms with Gasteiger partial charge in [0.1, 0.15) is 24.0 Å². The van der Waals surface area contributed by atoms with Crippen LogP contribution in [0.2, 0.25) is 5.02 Å². The molecule has 0 N–H and O–H groups in total. The molecule has 2 aromatic rings. The topological polar surface area (TPSA) is 26.3 Å². The Bertz CT molecular complexity index is 608. The van der Waals surface area contributed by atoms with Gasteiger partial charge in [0.2, 0.25) is 0 Å². The minimum absolute atomic E-state index is 0.0860. The summed E-state index contributed by atoms with van der Waals surface area (Å²) >= 11 is 5.70. The van der Waals surface area contributed by atoms with Crippen LogP contribution in [0.25, 0.3) is 0 Å². The summed E-state index contributed by atoms with van der Waals surface area (Å²) in [4.78, 5) is 11.0. The number of ether oxygens (including phenoxy) is 1. The Hall–Kier alpha value is -1.87. The summed E-state index contributed by atoms with van der Waals surface area (Å²) in [7, 11) is 0. The average molecular weight is 293 g/mol. The maximum atomic E-state index is 13.0. The molecule has 0 spiro atoms. The fourth-order valence-electron chi connectivity index (χ4n) is 1.79. The minimum atomic E-state index is -0.441. The van der Waals surface area contributed by atoms with Crippen molar-refractivity contribution in [2.45, 2.75) is 20.0 Å². The molecular weight excluding hydrogens is 279 g/mol. The van der Waals surface area contributed by atoms with Gasteiger partial charge in [0.05, 0.1) is 5.02 Å². The number of rotatable bonds is 5. The van der Waals surface area contributed by atoms with Gasteiger partial charge in [-0.25, -0.2) is 4.39 Å². The zero-order chi connectivity index (χ0) is 14.5. The molecule has 0 saturated heterocycles. The van der Waals surface area contributed by atoms with Gasteiger partial charge in [0, 0.05) is 6.42 Å². The molecule has 2 rings (SSSR count). The highest BCUT2D eigenvalue weighted by atomic mass is 35.5. The van der Waals surface area contributed by atoms with Crippen molar-refractivity contribution in [3.63, 3.8) is 0 Å². The van der Waals surface area contributed by atoms with Crippen molar-refractivity contribution in [3.8, 4) is 5.75 Å². The van der Waals surface area contributed by atoms with Gasteiger partial charge in [-0.15, -0.1) is 0 Å². The lowest BCUT2D eigenvalue weighted by atomic mass is 10.1. The van der Waals surface area contributed by atoms with Gasteiger partial charge in [-0.05, 0) is 42.3 Å². The smallest absolute Gasteiger partial charge is 0.141 e. The number of carbonyl (C=O) groups is 1. The Morgan fingerprint density at radius 2 is 1.80 bits per heavy atom. The van der Waals surface area contributed by atoms with Crippen molar-refractivity contribution >= 4 is 17.4 Å². The summed E-state index contributed by atoms with van der Waals surface area (Å²) in [5, 5.41) is 0.0860. The number of ketones is 1. The molecule has 0 saturated carbocycles. The van der Waals surface area contributed by atoms with Crippen LogP contribution in [0.3, 0.4) is 0 Å². The highest BCUT2D eigenvalue weighted by Gasteiger charge is 2.02. The van der Waals surface area contributed by atoms with Crippen LogP contribution >= 0.6 is 11.6 Å². The first-order valence-electron chi connectivity index (χ1n) is 6.19. The van der Waals surface area contributed by atoms with Crippen molar-refractivity contribution in [1.29, 1.82) is 0 Å². The molecule has 0 radical (unpaired) electrons. The molecule has 0 amide bonds. The van der Waals surface area contributed by atoms with Crippen LogP contribution in [-0.4, -0.2) is 5.78 Å². The molecule has 0 unspecified atom stereocenters. The van der Waals surface area contributed by atoms with Gasteiger partial charge in [-0.2, -0.15) is 0 Å². The predicted molar refractivity (Wildman–Crippen MR) is 76.6 cm³/mol. The molecule has 0 bridgehead atoms. The van der Waals surface area contributed by atoms with Gasteiger partial charge in [0.15, 0.2) is 0 Å². The monoisotopic (exact) mass is 292 g/mol. The quantitative estimate of drug-likeness (QED) is 0.826. The Morgan fingerprint density at radius 1 is 1.15 bits per heavy atom. The van der Waals surface area contributed by atoms with Crippen LogP contribution in [0.15, 0.2) is 42.5 Å². The standard InChI is InChI=1S/C16H14ClFO2/c1-11(19)8-12-2-5-14(6-3-12)20-10-13-4-7-16(18)15(17)9-13/h2-7,9H,8,10H2,1H3. The third-order valence-electron chi connectivity index (χ3n) is 2.77. The van der Waals surface area contributed by atoms with E-state index in [-0.39, 0.29) is 10.8 Å². The van der Waals surface area contributed by atoms with Crippen molar-refractivity contribution in [2.75, 3.05) is 0 Å². The van der Waals surface area contributed by atoms with Gasteiger partial charge < -0.3 is 4.74 Å². The van der Waals surface area contributed by atoms with Crippen LogP contribution in [0.5, 0.6) is 5.75 Å². The molecule has 20 heavy (non-hydrogen) atoms. The first-order chi connectivity index (χ1) is 9.54. The molecule has 4 heteroatoms. The number of Topliss-reactive ketones (excluding diaryl/α,β-unsaturated/α-hetero) is 1. The summed E-state index contributed by atoms with van der Waals surface area (Å²) in [6.07, 6.45) is 0.424. The van der Waals surface area contributed by atoms with E-state index in [1.54, 1.807) is 19.1 Å². The SMILES string of the molecule is CC(=O)Cc1ccc(OCc2ccc(F)c(Cl)c2)cc1. The Balaban J connectivity index is 1.96. The van der Waals surface area contributed by atoms with E-state index in [4.69, 9.17) is 16.3 Å². The van der Waals surface area contributed by atoms with Crippen LogP contribution in [0.4, 0.5) is 4.39 Å². The second-order valence-corrected chi connectivity index (χ2v) is 4.97. The molecule has 0 atom stereocenters. The normalized spacial score (nSPS) is 10.3. The highest BCUT2D eigenvalue weighted by molar-refractivity contribution is 6.30. The maximum Gasteiger partial charge on any atom is 0.141 e. The lowest BCUT2D eigenvalue weighted by Crippen LogP contribution is -1.98. The van der Waals surface area contributed by atoms with Gasteiger partial charge in [-0.1, -0.05) is 29.8 Å². The van der Waals surface area contributed by atoms with Crippen LogP contribution in [0.1, 0.15) is 18.1 Å². The van der Waals surface area contributed by atoms with Gasteiger partial charge in [-0.3, -0.25) is 4.79 Å². The molecule has 0 aliphatic rings. The van der Waals surface area contributed by atoms with Crippen LogP contribution < -0.4 is 4.74 Å². The number of hydrogen-bond acceptors (Lipinski definition) is 2. The van der Waals surface area contributed by atoms with Gasteiger partial charge in [0.25, 0.3) is 0 Å². The van der Waals surface area contributed by atoms with E-state index < -0.39 is 5.82 Å². The molecule has 0 aliphatic heterocycles. The van der Waals surface area contributed by atoms with E-state index in [0.717, 1.165) is 11.1 Å². The summed E-state index contributed by atoms with van der Waals surface area (Å²) in [5.74, 6) is 0.376. The largest absolute Gasteiger partial charge is 0.489 e. The summed E-state index contributed by atoms with van der Waals surface area (Å²) in [6, 6.07) is 11.8. The molecule has 0 aromatic heterocycles. The molecule has 2 nitrogen and oxygen atoms in total. The van der Waals surface area contributed by atoms with Crippen molar-refractivity contribution in [2.24, 2.45) is 0 Å².